The molecule has 0 saturated heterocycles. The Hall–Kier alpha value is -4.84. The lowest BCUT2D eigenvalue weighted by atomic mass is 9.82. The second-order valence-electron chi connectivity index (χ2n) is 12.2. The first-order valence-corrected chi connectivity index (χ1v) is 17.0. The second-order valence-corrected chi connectivity index (χ2v) is 13.6. The van der Waals surface area contributed by atoms with Gasteiger partial charge in [0, 0.05) is 31.5 Å². The maximum Gasteiger partial charge on any atom is 0.130 e. The summed E-state index contributed by atoms with van der Waals surface area (Å²) in [4.78, 5) is 1.42. The number of ether oxygens (including phenoxy) is 1. The molecule has 2 nitrogen and oxygen atoms in total. The lowest BCUT2D eigenvalue weighted by Crippen LogP contribution is -2.16. The maximum absolute atomic E-state index is 9.61. The molecule has 246 valence electrons. The first-order valence-electron chi connectivity index (χ1n) is 23.0. The van der Waals surface area contributed by atoms with Crippen molar-refractivity contribution >= 4 is 51.3 Å². The zero-order valence-corrected chi connectivity index (χ0v) is 30.0. The molecule has 0 fully saturated rings. The number of anilines is 3. The van der Waals surface area contributed by atoms with Crippen LogP contribution in [-0.4, -0.2) is 0 Å². The third kappa shape index (κ3) is 7.50. The molecule has 50 heavy (non-hydrogen) atoms. The molecule has 0 spiro atoms. The fourth-order valence-electron chi connectivity index (χ4n) is 5.35. The summed E-state index contributed by atoms with van der Waals surface area (Å²) in [6.45, 7) is 6.15. The van der Waals surface area contributed by atoms with E-state index < -0.39 is 112 Å². The standard InChI is InChI=1S/C46H37ClINO/c1-46(2,3)36-26-43(34-16-9-5-10-17-34)45(44(27-36)35-18-11-6-12-19-35)49(39-21-13-20-37(47)28-39)40-29-38(48)30-42(31-40)50-41-24-22-33(23-25-41)32-14-7-4-8-15-32/h4-31H,1-3H3/i4D,7D,8D,13D,14D,15D,20D,21D,22D,23D,24D,25D,28D,29D,30D. The Bertz CT molecular complexity index is 2940. The van der Waals surface area contributed by atoms with E-state index in [1.54, 1.807) is 22.6 Å². The quantitative estimate of drug-likeness (QED) is 0.142. The summed E-state index contributed by atoms with van der Waals surface area (Å²) < 4.78 is 138. The minimum atomic E-state index is -0.801. The zero-order valence-electron chi connectivity index (χ0n) is 42.1. The van der Waals surface area contributed by atoms with Crippen LogP contribution in [0, 0.1) is 3.57 Å². The van der Waals surface area contributed by atoms with Crippen molar-refractivity contribution in [2.24, 2.45) is 0 Å². The van der Waals surface area contributed by atoms with Gasteiger partial charge in [-0.2, -0.15) is 0 Å². The highest BCUT2D eigenvalue weighted by Crippen LogP contribution is 2.49. The van der Waals surface area contributed by atoms with E-state index in [4.69, 9.17) is 32.8 Å². The molecule has 0 aliphatic heterocycles. The minimum absolute atomic E-state index is 0.0349. The molecule has 0 aliphatic rings. The molecule has 7 rings (SSSR count). The third-order valence-electron chi connectivity index (χ3n) is 7.72. The number of hydrogen-bond donors (Lipinski definition) is 0. The van der Waals surface area contributed by atoms with Crippen LogP contribution >= 0.6 is 34.2 Å². The Kier molecular flexibility index (Phi) is 5.86. The summed E-state index contributed by atoms with van der Waals surface area (Å²) in [5, 5.41) is -0.433. The topological polar surface area (TPSA) is 12.5 Å². The minimum Gasteiger partial charge on any atom is -0.457 e. The van der Waals surface area contributed by atoms with Gasteiger partial charge in [-0.1, -0.05) is 141 Å². The second kappa shape index (κ2) is 14.6. The van der Waals surface area contributed by atoms with Crippen molar-refractivity contribution in [1.29, 1.82) is 0 Å². The van der Waals surface area contributed by atoms with Gasteiger partial charge in [-0.3, -0.25) is 0 Å². The molecule has 0 bridgehead atoms. The van der Waals surface area contributed by atoms with Crippen molar-refractivity contribution < 1.29 is 25.3 Å². The van der Waals surface area contributed by atoms with E-state index in [1.807, 2.05) is 72.8 Å². The molecule has 0 atom stereocenters. The van der Waals surface area contributed by atoms with Crippen molar-refractivity contribution in [2.45, 2.75) is 26.2 Å². The zero-order chi connectivity index (χ0) is 47.7. The van der Waals surface area contributed by atoms with Crippen LogP contribution in [0.15, 0.2) is 169 Å². The van der Waals surface area contributed by atoms with E-state index in [0.717, 1.165) is 5.56 Å². The first kappa shape index (κ1) is 20.1. The number of rotatable bonds is 8. The number of benzene rings is 7. The van der Waals surface area contributed by atoms with Crippen molar-refractivity contribution in [3.05, 3.63) is 184 Å². The average Bonchev–Trinajstić information content (AvgIpc) is 3.29. The Labute approximate surface area is 335 Å². The number of hydrogen-bond acceptors (Lipinski definition) is 2. The molecule has 7 aromatic rings. The van der Waals surface area contributed by atoms with Gasteiger partial charge in [0.25, 0.3) is 0 Å². The smallest absolute Gasteiger partial charge is 0.130 e. The highest BCUT2D eigenvalue weighted by Gasteiger charge is 2.26. The molecule has 0 heterocycles. The molecule has 0 amide bonds. The van der Waals surface area contributed by atoms with Crippen molar-refractivity contribution in [3.8, 4) is 44.9 Å². The predicted octanol–water partition coefficient (Wildman–Crippen LogP) is 14.5. The summed E-state index contributed by atoms with van der Waals surface area (Å²) in [6.07, 6.45) is 0. The van der Waals surface area contributed by atoms with Crippen LogP contribution in [0.5, 0.6) is 11.5 Å². The van der Waals surface area contributed by atoms with Crippen LogP contribution in [0.25, 0.3) is 33.4 Å². The summed E-state index contributed by atoms with van der Waals surface area (Å²) in [6, 6.07) is 14.0. The van der Waals surface area contributed by atoms with Crippen molar-refractivity contribution in [2.75, 3.05) is 4.90 Å². The van der Waals surface area contributed by atoms with Crippen LogP contribution in [0.4, 0.5) is 17.1 Å². The van der Waals surface area contributed by atoms with E-state index in [1.165, 1.54) is 11.0 Å². The van der Waals surface area contributed by atoms with Gasteiger partial charge in [-0.05, 0) is 110 Å². The molecule has 0 radical (unpaired) electrons. The van der Waals surface area contributed by atoms with Crippen molar-refractivity contribution in [1.82, 2.24) is 0 Å². The van der Waals surface area contributed by atoms with Gasteiger partial charge in [0.15, 0.2) is 0 Å². The van der Waals surface area contributed by atoms with Crippen LogP contribution < -0.4 is 9.64 Å². The van der Waals surface area contributed by atoms with Gasteiger partial charge in [0.05, 0.1) is 31.9 Å². The molecule has 0 N–H and O–H groups in total. The maximum atomic E-state index is 9.61. The summed E-state index contributed by atoms with van der Waals surface area (Å²) >= 11 is 8.40. The van der Waals surface area contributed by atoms with Gasteiger partial charge in [-0.15, -0.1) is 0 Å². The lowest BCUT2D eigenvalue weighted by Gasteiger charge is -2.33. The van der Waals surface area contributed by atoms with Gasteiger partial charge >= 0.3 is 0 Å². The van der Waals surface area contributed by atoms with Crippen LogP contribution in [-0.2, 0) is 5.41 Å². The lowest BCUT2D eigenvalue weighted by molar-refractivity contribution is 0.482. The van der Waals surface area contributed by atoms with E-state index in [0.29, 0.717) is 27.9 Å². The largest absolute Gasteiger partial charge is 0.457 e. The SMILES string of the molecule is [2H]c1c([2H])c([2H])c(-c2c([2H])c([2H])c(Oc3cc(N(c4c(-c5ccccc5)cc(C(C)(C)C)cc4-c4ccccc4)c4c([2H])c([2H])c([2H])c(Cl)c4[2H])c([2H])c(I)c3[2H])c([2H])c2[2H])c([2H])c1[2H]. The van der Waals surface area contributed by atoms with Gasteiger partial charge in [0.2, 0.25) is 0 Å². The fraction of sp³-hybridized carbons (Fsp3) is 0.0870. The Balaban J connectivity index is 1.60. The average molecular weight is 797 g/mol. The Morgan fingerprint density at radius 2 is 1.20 bits per heavy atom. The molecule has 4 heteroatoms. The van der Waals surface area contributed by atoms with E-state index >= 15 is 0 Å². The molecular weight excluding hydrogens is 745 g/mol. The van der Waals surface area contributed by atoms with E-state index in [-0.39, 0.29) is 26.7 Å². The highest BCUT2D eigenvalue weighted by molar-refractivity contribution is 14.1. The molecule has 0 aliphatic carbocycles. The van der Waals surface area contributed by atoms with Gasteiger partial charge in [0.1, 0.15) is 11.5 Å². The first-order chi connectivity index (χ1) is 30.5. The predicted molar refractivity (Wildman–Crippen MR) is 220 cm³/mol. The van der Waals surface area contributed by atoms with Crippen molar-refractivity contribution in [3.63, 3.8) is 0 Å². The normalized spacial score (nSPS) is 15.5. The van der Waals surface area contributed by atoms with Crippen LogP contribution in [0.3, 0.4) is 0 Å². The molecule has 0 unspecified atom stereocenters. The summed E-state index contributed by atoms with van der Waals surface area (Å²) in [7, 11) is 0. The Morgan fingerprint density at radius 1 is 0.600 bits per heavy atom. The highest BCUT2D eigenvalue weighted by atomic mass is 127. The van der Waals surface area contributed by atoms with E-state index in [9.17, 15) is 4.11 Å². The summed E-state index contributed by atoms with van der Waals surface area (Å²) in [5.41, 5.74) is 1.84. The molecule has 0 saturated carbocycles. The monoisotopic (exact) mass is 796 g/mol. The molecular formula is C46H37ClINO. The molecule has 0 aromatic heterocycles. The fourth-order valence-corrected chi connectivity index (χ4v) is 6.02. The van der Waals surface area contributed by atoms with Crippen LogP contribution in [0.2, 0.25) is 5.02 Å². The van der Waals surface area contributed by atoms with Crippen LogP contribution in [0.1, 0.15) is 46.9 Å². The Morgan fingerprint density at radius 3 is 1.80 bits per heavy atom. The van der Waals surface area contributed by atoms with E-state index in [2.05, 4.69) is 20.8 Å². The third-order valence-corrected chi connectivity index (χ3v) is 8.45. The van der Waals surface area contributed by atoms with Gasteiger partial charge in [-0.25, -0.2) is 0 Å². The van der Waals surface area contributed by atoms with Gasteiger partial charge < -0.3 is 9.64 Å². The number of nitrogens with zero attached hydrogens (tertiary/aromatic N) is 1. The number of halogens is 2. The molecule has 7 aromatic carbocycles. The summed E-state index contributed by atoms with van der Waals surface area (Å²) in [5.74, 6) is -1.07.